The summed E-state index contributed by atoms with van der Waals surface area (Å²) in [7, 11) is 1.98. The molecule has 2 heterocycles. The Morgan fingerprint density at radius 1 is 1.12 bits per heavy atom. The molecule has 3 rings (SSSR count). The lowest BCUT2D eigenvalue weighted by molar-refractivity contribution is -0.131. The smallest absolute Gasteiger partial charge is 0.253 e. The Morgan fingerprint density at radius 3 is 2.60 bits per heavy atom. The van der Waals surface area contributed by atoms with E-state index >= 15 is 0 Å². The number of nitrogens with zero attached hydrogens (tertiary/aromatic N) is 4. The van der Waals surface area contributed by atoms with Crippen molar-refractivity contribution in [1.29, 1.82) is 0 Å². The number of aryl methyl sites for hydroxylation is 2. The highest BCUT2D eigenvalue weighted by Crippen LogP contribution is 2.18. The van der Waals surface area contributed by atoms with Crippen LogP contribution in [0.3, 0.4) is 0 Å². The van der Waals surface area contributed by atoms with Crippen molar-refractivity contribution >= 4 is 22.8 Å². The van der Waals surface area contributed by atoms with Crippen LogP contribution in [0.4, 0.5) is 0 Å². The summed E-state index contributed by atoms with van der Waals surface area (Å²) < 4.78 is 2.02. The van der Waals surface area contributed by atoms with E-state index in [0.29, 0.717) is 31.6 Å². The lowest BCUT2D eigenvalue weighted by atomic mass is 10.1. The summed E-state index contributed by atoms with van der Waals surface area (Å²) >= 11 is 0. The van der Waals surface area contributed by atoms with Crippen LogP contribution in [-0.2, 0) is 11.8 Å². The van der Waals surface area contributed by atoms with Gasteiger partial charge >= 0.3 is 0 Å². The molecule has 0 N–H and O–H groups in total. The van der Waals surface area contributed by atoms with Gasteiger partial charge < -0.3 is 14.4 Å². The first-order valence-corrected chi connectivity index (χ1v) is 9.01. The van der Waals surface area contributed by atoms with Gasteiger partial charge in [0.2, 0.25) is 5.91 Å². The van der Waals surface area contributed by atoms with Crippen molar-refractivity contribution in [3.05, 3.63) is 29.6 Å². The summed E-state index contributed by atoms with van der Waals surface area (Å²) in [5.41, 5.74) is 2.54. The first kappa shape index (κ1) is 17.5. The molecule has 1 saturated heterocycles. The molecule has 1 aliphatic heterocycles. The van der Waals surface area contributed by atoms with Crippen LogP contribution in [0.15, 0.2) is 18.2 Å². The maximum Gasteiger partial charge on any atom is 0.253 e. The molecule has 1 aromatic carbocycles. The second kappa shape index (κ2) is 7.25. The number of carbonyl (C=O) groups is 2. The van der Waals surface area contributed by atoms with Crippen molar-refractivity contribution in [1.82, 2.24) is 19.4 Å². The second-order valence-electron chi connectivity index (χ2n) is 6.70. The zero-order valence-electron chi connectivity index (χ0n) is 15.3. The zero-order valence-corrected chi connectivity index (χ0v) is 15.3. The molecular weight excluding hydrogens is 316 g/mol. The molecule has 2 aromatic rings. The summed E-state index contributed by atoms with van der Waals surface area (Å²) in [6.07, 6.45) is 2.28. The van der Waals surface area contributed by atoms with E-state index in [9.17, 15) is 9.59 Å². The Kier molecular flexibility index (Phi) is 5.06. The summed E-state index contributed by atoms with van der Waals surface area (Å²) in [5, 5.41) is 0. The maximum absolute atomic E-state index is 12.9. The van der Waals surface area contributed by atoms with Crippen molar-refractivity contribution in [2.24, 2.45) is 7.05 Å². The number of amides is 2. The average molecular weight is 342 g/mol. The van der Waals surface area contributed by atoms with Crippen molar-refractivity contribution < 1.29 is 9.59 Å². The Hall–Kier alpha value is -2.37. The molecule has 25 heavy (non-hydrogen) atoms. The van der Waals surface area contributed by atoms with Crippen molar-refractivity contribution in [3.8, 4) is 0 Å². The highest BCUT2D eigenvalue weighted by Gasteiger charge is 2.22. The standard InChI is InChI=1S/C19H26N4O2/c1-4-6-18(24)22-9-5-10-23(12-11-22)19(25)15-7-8-17-16(13-15)20-14(2)21(17)3/h7-8,13H,4-6,9-12H2,1-3H3. The largest absolute Gasteiger partial charge is 0.341 e. The Labute approximate surface area is 148 Å². The first-order chi connectivity index (χ1) is 12.0. The minimum absolute atomic E-state index is 0.0231. The second-order valence-corrected chi connectivity index (χ2v) is 6.70. The Bertz CT molecular complexity index is 796. The van der Waals surface area contributed by atoms with Crippen molar-refractivity contribution in [2.45, 2.75) is 33.1 Å². The molecule has 6 nitrogen and oxygen atoms in total. The number of benzene rings is 1. The van der Waals surface area contributed by atoms with Gasteiger partial charge in [-0.25, -0.2) is 4.98 Å². The molecule has 0 saturated carbocycles. The molecule has 1 fully saturated rings. The number of hydrogen-bond donors (Lipinski definition) is 0. The van der Waals surface area contributed by atoms with Gasteiger partial charge in [-0.2, -0.15) is 0 Å². The van der Waals surface area contributed by atoms with E-state index in [1.807, 2.05) is 53.5 Å². The van der Waals surface area contributed by atoms with Crippen LogP contribution in [0.2, 0.25) is 0 Å². The van der Waals surface area contributed by atoms with Gasteiger partial charge in [0.05, 0.1) is 11.0 Å². The van der Waals surface area contributed by atoms with Gasteiger partial charge in [-0.05, 0) is 38.0 Å². The van der Waals surface area contributed by atoms with E-state index in [4.69, 9.17) is 0 Å². The van der Waals surface area contributed by atoms with Crippen molar-refractivity contribution in [2.75, 3.05) is 26.2 Å². The lowest BCUT2D eigenvalue weighted by Gasteiger charge is -2.22. The number of rotatable bonds is 3. The Morgan fingerprint density at radius 2 is 1.84 bits per heavy atom. The van der Waals surface area contributed by atoms with Gasteiger partial charge in [0.15, 0.2) is 0 Å². The highest BCUT2D eigenvalue weighted by molar-refractivity contribution is 5.97. The fourth-order valence-corrected chi connectivity index (χ4v) is 3.38. The molecule has 6 heteroatoms. The number of hydrogen-bond acceptors (Lipinski definition) is 3. The van der Waals surface area contributed by atoms with Crippen LogP contribution in [-0.4, -0.2) is 57.3 Å². The topological polar surface area (TPSA) is 58.4 Å². The number of fused-ring (bicyclic) bond motifs is 1. The minimum Gasteiger partial charge on any atom is -0.341 e. The van der Waals surface area contributed by atoms with Crippen LogP contribution in [0.5, 0.6) is 0 Å². The number of aromatic nitrogens is 2. The first-order valence-electron chi connectivity index (χ1n) is 9.01. The van der Waals surface area contributed by atoms with E-state index < -0.39 is 0 Å². The minimum atomic E-state index is 0.0231. The SMILES string of the molecule is CCCC(=O)N1CCCN(C(=O)c2ccc3c(c2)nc(C)n3C)CC1. The van der Waals surface area contributed by atoms with E-state index in [0.717, 1.165) is 36.2 Å². The van der Waals surface area contributed by atoms with Crippen molar-refractivity contribution in [3.63, 3.8) is 0 Å². The van der Waals surface area contributed by atoms with Crippen LogP contribution >= 0.6 is 0 Å². The lowest BCUT2D eigenvalue weighted by Crippen LogP contribution is -2.37. The molecule has 0 spiro atoms. The maximum atomic E-state index is 12.9. The van der Waals surface area contributed by atoms with Gasteiger partial charge in [0.1, 0.15) is 5.82 Å². The van der Waals surface area contributed by atoms with Crippen LogP contribution in [0.1, 0.15) is 42.4 Å². The Balaban J connectivity index is 1.73. The van der Waals surface area contributed by atoms with Gasteiger partial charge in [-0.1, -0.05) is 6.92 Å². The zero-order chi connectivity index (χ0) is 18.0. The normalized spacial score (nSPS) is 15.5. The molecule has 0 atom stereocenters. The summed E-state index contributed by atoms with van der Waals surface area (Å²) in [5.74, 6) is 1.15. The fraction of sp³-hybridized carbons (Fsp3) is 0.526. The van der Waals surface area contributed by atoms with E-state index in [1.54, 1.807) is 0 Å². The monoisotopic (exact) mass is 342 g/mol. The van der Waals surface area contributed by atoms with Crippen LogP contribution in [0.25, 0.3) is 11.0 Å². The molecule has 0 aliphatic carbocycles. The molecule has 134 valence electrons. The highest BCUT2D eigenvalue weighted by atomic mass is 16.2. The molecule has 0 bridgehead atoms. The molecule has 1 aromatic heterocycles. The number of imidazole rings is 1. The van der Waals surface area contributed by atoms with E-state index in [1.165, 1.54) is 0 Å². The third-order valence-electron chi connectivity index (χ3n) is 4.95. The van der Waals surface area contributed by atoms with Gasteiger partial charge in [0.25, 0.3) is 5.91 Å². The molecule has 2 amide bonds. The predicted molar refractivity (Wildman–Crippen MR) is 97.5 cm³/mol. The third kappa shape index (κ3) is 3.52. The van der Waals surface area contributed by atoms with Crippen LogP contribution in [0, 0.1) is 6.92 Å². The summed E-state index contributed by atoms with van der Waals surface area (Å²) in [4.78, 5) is 33.2. The molecule has 0 radical (unpaired) electrons. The summed E-state index contributed by atoms with van der Waals surface area (Å²) in [6.45, 7) is 6.61. The fourth-order valence-electron chi connectivity index (χ4n) is 3.38. The molecular formula is C19H26N4O2. The quantitative estimate of drug-likeness (QED) is 0.860. The summed E-state index contributed by atoms with van der Waals surface area (Å²) in [6, 6.07) is 5.70. The van der Waals surface area contributed by atoms with Gasteiger partial charge in [-0.15, -0.1) is 0 Å². The van der Waals surface area contributed by atoms with E-state index in [-0.39, 0.29) is 11.8 Å². The molecule has 1 aliphatic rings. The van der Waals surface area contributed by atoms with Gasteiger partial charge in [-0.3, -0.25) is 9.59 Å². The predicted octanol–water partition coefficient (Wildman–Crippen LogP) is 2.36. The molecule has 0 unspecified atom stereocenters. The third-order valence-corrected chi connectivity index (χ3v) is 4.95. The van der Waals surface area contributed by atoms with E-state index in [2.05, 4.69) is 4.98 Å². The van der Waals surface area contributed by atoms with Gasteiger partial charge in [0, 0.05) is 45.2 Å². The number of carbonyl (C=O) groups excluding carboxylic acids is 2. The van der Waals surface area contributed by atoms with Crippen LogP contribution < -0.4 is 0 Å². The average Bonchev–Trinajstić information content (AvgIpc) is 2.79.